The van der Waals surface area contributed by atoms with E-state index in [1.165, 1.54) is 5.56 Å². The summed E-state index contributed by atoms with van der Waals surface area (Å²) in [5.41, 5.74) is 1.29. The lowest BCUT2D eigenvalue weighted by molar-refractivity contribution is -0.127. The molecule has 5 nitrogen and oxygen atoms in total. The van der Waals surface area contributed by atoms with Crippen LogP contribution in [0, 0.1) is 5.92 Å². The molecule has 1 amide bonds. The maximum atomic E-state index is 12.3. The van der Waals surface area contributed by atoms with E-state index in [2.05, 4.69) is 34.5 Å². The number of morpholine rings is 1. The molecule has 0 aromatic heterocycles. The Morgan fingerprint density at radius 1 is 1.33 bits per heavy atom. The highest BCUT2D eigenvalue weighted by molar-refractivity contribution is 5.76. The number of hydrogen-bond acceptors (Lipinski definition) is 4. The Kier molecular flexibility index (Phi) is 6.24. The van der Waals surface area contributed by atoms with E-state index in [0.717, 1.165) is 32.5 Å². The van der Waals surface area contributed by atoms with Crippen LogP contribution < -0.4 is 5.32 Å². The average Bonchev–Trinajstić information content (AvgIpc) is 3.40. The first-order valence-electron chi connectivity index (χ1n) is 9.02. The molecule has 5 heteroatoms. The third-order valence-corrected chi connectivity index (χ3v) is 4.86. The first-order valence-corrected chi connectivity index (χ1v) is 9.02. The van der Waals surface area contributed by atoms with Gasteiger partial charge in [-0.3, -0.25) is 9.69 Å². The molecule has 1 aromatic rings. The van der Waals surface area contributed by atoms with Gasteiger partial charge in [-0.1, -0.05) is 30.3 Å². The van der Waals surface area contributed by atoms with Crippen molar-refractivity contribution in [1.29, 1.82) is 0 Å². The standard InChI is InChI=1S/C19H28N2O3/c22-10-8-18(16-6-7-16)20-19(23)12-17-14-21(9-11-24-17)13-15-4-2-1-3-5-15/h1-5,16-18,22H,6-14H2,(H,20,23). The minimum absolute atomic E-state index is 0.0450. The van der Waals surface area contributed by atoms with Crippen molar-refractivity contribution in [2.24, 2.45) is 5.92 Å². The van der Waals surface area contributed by atoms with Gasteiger partial charge in [0.15, 0.2) is 0 Å². The third-order valence-electron chi connectivity index (χ3n) is 4.86. The number of nitrogens with one attached hydrogen (secondary N) is 1. The molecule has 1 saturated carbocycles. The Morgan fingerprint density at radius 2 is 2.12 bits per heavy atom. The van der Waals surface area contributed by atoms with Gasteiger partial charge in [0.1, 0.15) is 0 Å². The summed E-state index contributed by atoms with van der Waals surface area (Å²) in [5.74, 6) is 0.606. The van der Waals surface area contributed by atoms with Gasteiger partial charge >= 0.3 is 0 Å². The molecule has 2 N–H and O–H groups in total. The molecule has 2 unspecified atom stereocenters. The van der Waals surface area contributed by atoms with Crippen LogP contribution in [0.15, 0.2) is 30.3 Å². The quantitative estimate of drug-likeness (QED) is 0.758. The van der Waals surface area contributed by atoms with Crippen LogP contribution in [-0.2, 0) is 16.1 Å². The maximum Gasteiger partial charge on any atom is 0.222 e. The van der Waals surface area contributed by atoms with E-state index in [0.29, 0.717) is 25.4 Å². The van der Waals surface area contributed by atoms with Crippen LogP contribution in [0.5, 0.6) is 0 Å². The zero-order valence-corrected chi connectivity index (χ0v) is 14.2. The Hall–Kier alpha value is -1.43. The summed E-state index contributed by atoms with van der Waals surface area (Å²) in [6, 6.07) is 10.5. The van der Waals surface area contributed by atoms with Crippen molar-refractivity contribution in [1.82, 2.24) is 10.2 Å². The smallest absolute Gasteiger partial charge is 0.222 e. The number of amides is 1. The number of hydrogen-bond donors (Lipinski definition) is 2. The molecule has 0 radical (unpaired) electrons. The largest absolute Gasteiger partial charge is 0.396 e. The fourth-order valence-electron chi connectivity index (χ4n) is 3.43. The summed E-state index contributed by atoms with van der Waals surface area (Å²) in [6.45, 7) is 3.40. The number of aliphatic hydroxyl groups is 1. The second-order valence-corrected chi connectivity index (χ2v) is 6.94. The fourth-order valence-corrected chi connectivity index (χ4v) is 3.43. The molecule has 1 heterocycles. The highest BCUT2D eigenvalue weighted by atomic mass is 16.5. The number of aliphatic hydroxyl groups excluding tert-OH is 1. The Balaban J connectivity index is 1.45. The van der Waals surface area contributed by atoms with E-state index >= 15 is 0 Å². The van der Waals surface area contributed by atoms with Crippen molar-refractivity contribution in [2.75, 3.05) is 26.3 Å². The van der Waals surface area contributed by atoms with E-state index in [1.807, 2.05) is 6.07 Å². The van der Waals surface area contributed by atoms with Crippen molar-refractivity contribution in [3.05, 3.63) is 35.9 Å². The fraction of sp³-hybridized carbons (Fsp3) is 0.632. The summed E-state index contributed by atoms with van der Waals surface area (Å²) in [6.07, 6.45) is 3.34. The number of carbonyl (C=O) groups is 1. The average molecular weight is 332 g/mol. The molecule has 24 heavy (non-hydrogen) atoms. The number of ether oxygens (including phenoxy) is 1. The van der Waals surface area contributed by atoms with Crippen molar-refractivity contribution in [3.8, 4) is 0 Å². The van der Waals surface area contributed by atoms with E-state index < -0.39 is 0 Å². The molecule has 1 aliphatic carbocycles. The van der Waals surface area contributed by atoms with Crippen molar-refractivity contribution >= 4 is 5.91 Å². The summed E-state index contributed by atoms with van der Waals surface area (Å²) in [7, 11) is 0. The summed E-state index contributed by atoms with van der Waals surface area (Å²) in [5, 5.41) is 12.2. The monoisotopic (exact) mass is 332 g/mol. The highest BCUT2D eigenvalue weighted by Crippen LogP contribution is 2.34. The van der Waals surface area contributed by atoms with Gasteiger partial charge in [0, 0.05) is 32.3 Å². The van der Waals surface area contributed by atoms with Crippen molar-refractivity contribution in [3.63, 3.8) is 0 Å². The normalized spacial score (nSPS) is 23.0. The number of rotatable bonds is 8. The molecule has 3 rings (SSSR count). The topological polar surface area (TPSA) is 61.8 Å². The Bertz CT molecular complexity index is 519. The molecule has 0 bridgehead atoms. The predicted molar refractivity (Wildman–Crippen MR) is 92.4 cm³/mol. The molecule has 0 spiro atoms. The van der Waals surface area contributed by atoms with E-state index in [4.69, 9.17) is 9.84 Å². The molecule has 1 aromatic carbocycles. The number of nitrogens with zero attached hydrogens (tertiary/aromatic N) is 1. The van der Waals surface area contributed by atoms with Crippen LogP contribution >= 0.6 is 0 Å². The van der Waals surface area contributed by atoms with Crippen LogP contribution in [0.3, 0.4) is 0 Å². The van der Waals surface area contributed by atoms with E-state index in [1.54, 1.807) is 0 Å². The van der Waals surface area contributed by atoms with Gasteiger partial charge in [-0.05, 0) is 30.7 Å². The van der Waals surface area contributed by atoms with Crippen LogP contribution in [0.25, 0.3) is 0 Å². The first kappa shape index (κ1) is 17.4. The lowest BCUT2D eigenvalue weighted by atomic mass is 10.1. The van der Waals surface area contributed by atoms with Crippen molar-refractivity contribution in [2.45, 2.75) is 44.4 Å². The van der Waals surface area contributed by atoms with Crippen molar-refractivity contribution < 1.29 is 14.6 Å². The molecule has 1 saturated heterocycles. The van der Waals surface area contributed by atoms with Crippen LogP contribution in [-0.4, -0.2) is 54.4 Å². The lowest BCUT2D eigenvalue weighted by Gasteiger charge is -2.33. The van der Waals surface area contributed by atoms with E-state index in [-0.39, 0.29) is 24.7 Å². The Morgan fingerprint density at radius 3 is 2.83 bits per heavy atom. The summed E-state index contributed by atoms with van der Waals surface area (Å²) >= 11 is 0. The zero-order valence-electron chi connectivity index (χ0n) is 14.2. The summed E-state index contributed by atoms with van der Waals surface area (Å²) in [4.78, 5) is 14.7. The van der Waals surface area contributed by atoms with Crippen LogP contribution in [0.4, 0.5) is 0 Å². The zero-order chi connectivity index (χ0) is 16.8. The lowest BCUT2D eigenvalue weighted by Crippen LogP contribution is -2.45. The number of benzene rings is 1. The molecule has 1 aliphatic heterocycles. The van der Waals surface area contributed by atoms with Gasteiger partial charge in [0.25, 0.3) is 0 Å². The second kappa shape index (κ2) is 8.60. The van der Waals surface area contributed by atoms with Gasteiger partial charge in [-0.2, -0.15) is 0 Å². The van der Waals surface area contributed by atoms with Gasteiger partial charge in [-0.15, -0.1) is 0 Å². The predicted octanol–water partition coefficient (Wildman–Crippen LogP) is 1.55. The molecule has 2 aliphatic rings. The second-order valence-electron chi connectivity index (χ2n) is 6.94. The molecular formula is C19H28N2O3. The Labute approximate surface area is 144 Å². The van der Waals surface area contributed by atoms with Gasteiger partial charge < -0.3 is 15.2 Å². The molecule has 2 atom stereocenters. The molecule has 2 fully saturated rings. The maximum absolute atomic E-state index is 12.3. The third kappa shape index (κ3) is 5.30. The van der Waals surface area contributed by atoms with Gasteiger partial charge in [-0.25, -0.2) is 0 Å². The highest BCUT2D eigenvalue weighted by Gasteiger charge is 2.32. The minimum Gasteiger partial charge on any atom is -0.396 e. The SMILES string of the molecule is O=C(CC1CN(Cc2ccccc2)CCO1)NC(CCO)C1CC1. The van der Waals surface area contributed by atoms with Gasteiger partial charge in [0.2, 0.25) is 5.91 Å². The van der Waals surface area contributed by atoms with E-state index in [9.17, 15) is 4.79 Å². The van der Waals surface area contributed by atoms with Gasteiger partial charge in [0.05, 0.1) is 19.1 Å². The molecule has 132 valence electrons. The van der Waals surface area contributed by atoms with Crippen LogP contribution in [0.1, 0.15) is 31.2 Å². The molecular weight excluding hydrogens is 304 g/mol. The minimum atomic E-state index is -0.0450. The number of carbonyl (C=O) groups excluding carboxylic acids is 1. The van der Waals surface area contributed by atoms with Crippen LogP contribution in [0.2, 0.25) is 0 Å². The summed E-state index contributed by atoms with van der Waals surface area (Å²) < 4.78 is 5.78. The first-order chi connectivity index (χ1) is 11.7.